The predicted molar refractivity (Wildman–Crippen MR) is 150 cm³/mol. The minimum atomic E-state index is -0.582. The summed E-state index contributed by atoms with van der Waals surface area (Å²) < 4.78 is 43.4. The molecule has 0 saturated heterocycles. The van der Waals surface area contributed by atoms with Gasteiger partial charge in [-0.2, -0.15) is 0 Å². The van der Waals surface area contributed by atoms with Gasteiger partial charge in [0.2, 0.25) is 0 Å². The molecule has 0 radical (unpaired) electrons. The van der Waals surface area contributed by atoms with Gasteiger partial charge < -0.3 is 9.47 Å². The third-order valence-electron chi connectivity index (χ3n) is 10.1. The third kappa shape index (κ3) is 4.55. The molecule has 6 atom stereocenters. The van der Waals surface area contributed by atoms with Crippen molar-refractivity contribution in [1.29, 1.82) is 0 Å². The minimum absolute atomic E-state index is 0.319. The van der Waals surface area contributed by atoms with Crippen LogP contribution in [-0.4, -0.2) is 11.2 Å². The van der Waals surface area contributed by atoms with Crippen molar-refractivity contribution in [2.24, 2.45) is 23.7 Å². The van der Waals surface area contributed by atoms with Gasteiger partial charge in [-0.25, -0.2) is 8.78 Å². The van der Waals surface area contributed by atoms with Gasteiger partial charge in [0.15, 0.2) is 37.8 Å². The number of benzene rings is 3. The van der Waals surface area contributed by atoms with Crippen LogP contribution in [0.25, 0.3) is 0 Å². The molecule has 0 spiro atoms. The predicted octanol–water partition coefficient (Wildman–Crippen LogP) is 8.98. The quantitative estimate of drug-likeness (QED) is 0.275. The first-order chi connectivity index (χ1) is 18.8. The van der Waals surface area contributed by atoms with Crippen molar-refractivity contribution < 1.29 is 18.3 Å². The van der Waals surface area contributed by atoms with Crippen molar-refractivity contribution in [3.63, 3.8) is 0 Å². The molecule has 0 amide bonds. The van der Waals surface area contributed by atoms with Crippen LogP contribution in [0.3, 0.4) is 0 Å². The van der Waals surface area contributed by atoms with Crippen molar-refractivity contribution in [3.8, 4) is 11.5 Å². The largest absolute Gasteiger partial charge is 0.484 e. The first-order valence-corrected chi connectivity index (χ1v) is 15.8. The van der Waals surface area contributed by atoms with E-state index in [0.29, 0.717) is 35.2 Å². The van der Waals surface area contributed by atoms with E-state index in [1.54, 1.807) is 0 Å². The number of hydrogen-bond acceptors (Lipinski definition) is 2. The lowest BCUT2D eigenvalue weighted by Gasteiger charge is -2.35. The molecular formula is C34H37F2O2S+. The van der Waals surface area contributed by atoms with Crippen LogP contribution in [0.15, 0.2) is 81.4 Å². The molecule has 0 N–H and O–H groups in total. The fraction of sp³-hybridized carbons (Fsp3) is 0.471. The van der Waals surface area contributed by atoms with Crippen molar-refractivity contribution >= 4 is 10.9 Å². The van der Waals surface area contributed by atoms with Gasteiger partial charge in [-0.05, 0) is 125 Å². The molecule has 5 heteroatoms. The molecule has 4 bridgehead atoms. The Morgan fingerprint density at radius 3 is 1.54 bits per heavy atom. The summed E-state index contributed by atoms with van der Waals surface area (Å²) in [5, 5.41) is 0. The fourth-order valence-corrected chi connectivity index (χ4v) is 10.3. The van der Waals surface area contributed by atoms with Gasteiger partial charge in [0.25, 0.3) is 0 Å². The minimum Gasteiger partial charge on any atom is -0.484 e. The van der Waals surface area contributed by atoms with Crippen LogP contribution < -0.4 is 9.47 Å². The normalized spacial score (nSPS) is 33.4. The molecule has 4 saturated carbocycles. The summed E-state index contributed by atoms with van der Waals surface area (Å²) in [5.74, 6) is 2.36. The van der Waals surface area contributed by atoms with E-state index in [9.17, 15) is 0 Å². The van der Waals surface area contributed by atoms with E-state index in [1.807, 2.05) is 42.5 Å². The highest BCUT2D eigenvalue weighted by atomic mass is 32.2. The molecule has 2 nitrogen and oxygen atoms in total. The Bertz CT molecular complexity index is 1290. The van der Waals surface area contributed by atoms with E-state index in [4.69, 9.17) is 9.47 Å². The summed E-state index contributed by atoms with van der Waals surface area (Å²) >= 11 is 0. The Kier molecular flexibility index (Phi) is 6.22. The molecule has 39 heavy (non-hydrogen) atoms. The molecule has 204 valence electrons. The lowest BCUT2D eigenvalue weighted by Crippen LogP contribution is -2.38. The van der Waals surface area contributed by atoms with Gasteiger partial charge in [-0.15, -0.1) is 0 Å². The number of rotatable bonds is 7. The number of fused-ring (bicyclic) bond motifs is 4. The maximum absolute atomic E-state index is 15.2. The second kappa shape index (κ2) is 9.54. The molecular weight excluding hydrogens is 510 g/mol. The van der Waals surface area contributed by atoms with Gasteiger partial charge in [0.1, 0.15) is 11.2 Å². The van der Waals surface area contributed by atoms with Crippen LogP contribution >= 0.6 is 0 Å². The first kappa shape index (κ1) is 25.4. The lowest BCUT2D eigenvalue weighted by atomic mass is 9.85. The van der Waals surface area contributed by atoms with Gasteiger partial charge in [-0.3, -0.25) is 0 Å². The SMILES string of the molecule is CC1(Oc2cc([S+](c3ccccc3)c3ccc(F)c(OC4(C)CC5CCC4C5)c3)ccc2F)CC2CCC1C2. The Morgan fingerprint density at radius 1 is 0.641 bits per heavy atom. The maximum atomic E-state index is 15.2. The molecule has 3 aromatic carbocycles. The van der Waals surface area contributed by atoms with Gasteiger partial charge in [0.05, 0.1) is 10.9 Å². The van der Waals surface area contributed by atoms with E-state index >= 15 is 8.78 Å². The summed E-state index contributed by atoms with van der Waals surface area (Å²) in [5.41, 5.74) is -0.637. The van der Waals surface area contributed by atoms with Gasteiger partial charge in [-0.1, -0.05) is 18.2 Å². The second-order valence-corrected chi connectivity index (χ2v) is 14.8. The average molecular weight is 548 g/mol. The van der Waals surface area contributed by atoms with Crippen LogP contribution in [0.4, 0.5) is 8.78 Å². The Morgan fingerprint density at radius 2 is 1.13 bits per heavy atom. The van der Waals surface area contributed by atoms with Crippen molar-refractivity contribution in [2.45, 2.75) is 91.1 Å². The van der Waals surface area contributed by atoms with Crippen molar-refractivity contribution in [3.05, 3.63) is 78.4 Å². The monoisotopic (exact) mass is 547 g/mol. The third-order valence-corrected chi connectivity index (χ3v) is 12.3. The molecule has 0 aromatic heterocycles. The summed E-state index contributed by atoms with van der Waals surface area (Å²) in [4.78, 5) is 2.99. The zero-order chi connectivity index (χ0) is 26.8. The number of halogens is 2. The molecule has 0 heterocycles. The zero-order valence-electron chi connectivity index (χ0n) is 22.8. The maximum Gasteiger partial charge on any atom is 0.170 e. The van der Waals surface area contributed by atoms with Crippen LogP contribution in [0.1, 0.15) is 65.2 Å². The highest BCUT2D eigenvalue weighted by Gasteiger charge is 2.51. The molecule has 6 unspecified atom stereocenters. The number of hydrogen-bond donors (Lipinski definition) is 0. The topological polar surface area (TPSA) is 18.5 Å². The van der Waals surface area contributed by atoms with E-state index in [0.717, 1.165) is 40.4 Å². The lowest BCUT2D eigenvalue weighted by molar-refractivity contribution is 0.0273. The molecule has 7 rings (SSSR count). The summed E-state index contributed by atoms with van der Waals surface area (Å²) in [6.45, 7) is 4.31. The van der Waals surface area contributed by atoms with Crippen molar-refractivity contribution in [1.82, 2.24) is 0 Å². The molecule has 3 aromatic rings. The highest BCUT2D eigenvalue weighted by Crippen LogP contribution is 2.54. The molecule has 4 fully saturated rings. The van der Waals surface area contributed by atoms with Crippen LogP contribution in [-0.2, 0) is 10.9 Å². The van der Waals surface area contributed by atoms with Crippen LogP contribution in [0.5, 0.6) is 11.5 Å². The number of ether oxygens (including phenoxy) is 2. The zero-order valence-corrected chi connectivity index (χ0v) is 23.6. The second-order valence-electron chi connectivity index (χ2n) is 12.8. The summed E-state index contributed by atoms with van der Waals surface area (Å²) in [6.07, 6.45) is 9.20. The summed E-state index contributed by atoms with van der Waals surface area (Å²) in [7, 11) is -0.582. The highest BCUT2D eigenvalue weighted by molar-refractivity contribution is 7.97. The first-order valence-electron chi connectivity index (χ1n) is 14.6. The smallest absolute Gasteiger partial charge is 0.170 e. The van der Waals surface area contributed by atoms with E-state index in [2.05, 4.69) is 26.0 Å². The molecule has 4 aliphatic rings. The fourth-order valence-electron chi connectivity index (χ4n) is 8.20. The molecule has 0 aliphatic heterocycles. The Labute approximate surface area is 233 Å². The average Bonchev–Trinajstić information content (AvgIpc) is 3.70. The van der Waals surface area contributed by atoms with E-state index in [1.165, 1.54) is 37.8 Å². The Hall–Kier alpha value is -2.53. The van der Waals surface area contributed by atoms with E-state index in [-0.39, 0.29) is 22.8 Å². The van der Waals surface area contributed by atoms with Crippen LogP contribution in [0.2, 0.25) is 0 Å². The van der Waals surface area contributed by atoms with Crippen molar-refractivity contribution in [2.75, 3.05) is 0 Å². The van der Waals surface area contributed by atoms with Crippen LogP contribution in [0, 0.1) is 35.3 Å². The summed E-state index contributed by atoms with van der Waals surface area (Å²) in [6, 6.07) is 20.7. The van der Waals surface area contributed by atoms with Gasteiger partial charge in [0, 0.05) is 12.1 Å². The molecule has 4 aliphatic carbocycles. The van der Waals surface area contributed by atoms with E-state index < -0.39 is 10.9 Å². The Balaban J connectivity index is 1.25. The van der Waals surface area contributed by atoms with Gasteiger partial charge >= 0.3 is 0 Å². The standard InChI is InChI=1S/C34H37F2O2S/c1-33(20-22-8-10-24(33)16-22)37-31-18-27(12-14-29(31)35)39(26-6-4-3-5-7-26)28-13-15-30(36)32(19-28)38-34(2)21-23-9-11-25(34)17-23/h3-7,12-15,18-19,22-25H,8-11,16-17,20-21H2,1-2H3/q+1.